The number of pyridine rings is 2. The van der Waals surface area contributed by atoms with Gasteiger partial charge in [0.15, 0.2) is 0 Å². The highest BCUT2D eigenvalue weighted by molar-refractivity contribution is 5.68. The van der Waals surface area contributed by atoms with Gasteiger partial charge in [-0.05, 0) is 31.2 Å². The molecule has 24 heavy (non-hydrogen) atoms. The number of hydrogen-bond donors (Lipinski definition) is 1. The maximum Gasteiger partial charge on any atom is 0.314 e. The summed E-state index contributed by atoms with van der Waals surface area (Å²) in [7, 11) is 0. The van der Waals surface area contributed by atoms with Crippen LogP contribution in [0.5, 0.6) is 11.6 Å². The van der Waals surface area contributed by atoms with Gasteiger partial charge < -0.3 is 10.1 Å². The Morgan fingerprint density at radius 1 is 1.08 bits per heavy atom. The molecule has 0 aliphatic heterocycles. The summed E-state index contributed by atoms with van der Waals surface area (Å²) in [4.78, 5) is 18.9. The van der Waals surface area contributed by atoms with Gasteiger partial charge in [0.05, 0.1) is 4.92 Å². The van der Waals surface area contributed by atoms with Gasteiger partial charge in [0.25, 0.3) is 0 Å². The molecule has 120 valence electrons. The second-order valence-electron chi connectivity index (χ2n) is 5.01. The molecule has 0 bridgehead atoms. The first-order chi connectivity index (χ1) is 11.6. The number of nitro groups is 1. The van der Waals surface area contributed by atoms with Crippen LogP contribution in [0, 0.1) is 17.0 Å². The molecule has 0 saturated heterocycles. The Morgan fingerprint density at radius 3 is 2.71 bits per heavy atom. The Balaban J connectivity index is 1.86. The molecule has 0 atom stereocenters. The van der Waals surface area contributed by atoms with E-state index in [1.165, 1.54) is 6.20 Å². The Kier molecular flexibility index (Phi) is 4.33. The fourth-order valence-electron chi connectivity index (χ4n) is 2.17. The van der Waals surface area contributed by atoms with Crippen LogP contribution in [-0.2, 0) is 0 Å². The minimum Gasteiger partial charge on any atom is -0.439 e. The molecule has 3 aromatic rings. The number of benzene rings is 1. The first-order valence-electron chi connectivity index (χ1n) is 7.19. The number of rotatable bonds is 5. The molecule has 2 heterocycles. The number of aryl methyl sites for hydroxylation is 1. The van der Waals surface area contributed by atoms with Gasteiger partial charge in [-0.25, -0.2) is 9.97 Å². The zero-order valence-corrected chi connectivity index (χ0v) is 12.8. The molecule has 0 aliphatic rings. The van der Waals surface area contributed by atoms with Crippen molar-refractivity contribution in [3.8, 4) is 11.6 Å². The van der Waals surface area contributed by atoms with Crippen molar-refractivity contribution in [2.24, 2.45) is 0 Å². The Labute approximate surface area is 138 Å². The molecule has 1 aromatic carbocycles. The number of ether oxygens (including phenoxy) is 1. The van der Waals surface area contributed by atoms with Crippen LogP contribution >= 0.6 is 0 Å². The maximum atomic E-state index is 11.2. The molecular formula is C17H14N4O3. The highest BCUT2D eigenvalue weighted by Gasteiger charge is 2.18. The first kappa shape index (κ1) is 15.4. The molecule has 0 unspecified atom stereocenters. The van der Waals surface area contributed by atoms with Crippen molar-refractivity contribution in [2.75, 3.05) is 5.32 Å². The molecule has 7 nitrogen and oxygen atoms in total. The van der Waals surface area contributed by atoms with Crippen LogP contribution in [0.1, 0.15) is 5.56 Å². The van der Waals surface area contributed by atoms with Gasteiger partial charge in [0, 0.05) is 35.8 Å². The van der Waals surface area contributed by atoms with E-state index >= 15 is 0 Å². The average Bonchev–Trinajstić information content (AvgIpc) is 2.56. The second-order valence-corrected chi connectivity index (χ2v) is 5.01. The molecule has 2 aromatic heterocycles. The lowest BCUT2D eigenvalue weighted by Crippen LogP contribution is -2.01. The summed E-state index contributed by atoms with van der Waals surface area (Å²) in [6, 6.07) is 14.0. The summed E-state index contributed by atoms with van der Waals surface area (Å²) in [5.41, 5.74) is 1.12. The van der Waals surface area contributed by atoms with Gasteiger partial charge in [-0.2, -0.15) is 0 Å². The van der Waals surface area contributed by atoms with Gasteiger partial charge in [-0.3, -0.25) is 10.1 Å². The third-order valence-corrected chi connectivity index (χ3v) is 3.27. The van der Waals surface area contributed by atoms with Crippen LogP contribution in [0.3, 0.4) is 0 Å². The fourth-order valence-corrected chi connectivity index (χ4v) is 2.17. The van der Waals surface area contributed by atoms with Crippen molar-refractivity contribution in [2.45, 2.75) is 6.92 Å². The van der Waals surface area contributed by atoms with E-state index in [2.05, 4.69) is 15.3 Å². The summed E-state index contributed by atoms with van der Waals surface area (Å²) < 4.78 is 5.65. The molecular weight excluding hydrogens is 308 g/mol. The molecule has 7 heteroatoms. The lowest BCUT2D eigenvalue weighted by Gasteiger charge is -2.09. The summed E-state index contributed by atoms with van der Waals surface area (Å²) >= 11 is 0. The molecule has 0 radical (unpaired) electrons. The second kappa shape index (κ2) is 6.74. The summed E-state index contributed by atoms with van der Waals surface area (Å²) in [6.45, 7) is 1.67. The minimum atomic E-state index is -0.446. The van der Waals surface area contributed by atoms with E-state index in [-0.39, 0.29) is 11.5 Å². The number of anilines is 2. The monoisotopic (exact) mass is 322 g/mol. The van der Waals surface area contributed by atoms with Crippen molar-refractivity contribution in [3.05, 3.63) is 76.6 Å². The van der Waals surface area contributed by atoms with Crippen LogP contribution in [-0.4, -0.2) is 14.9 Å². The maximum absolute atomic E-state index is 11.2. The van der Waals surface area contributed by atoms with E-state index in [9.17, 15) is 10.1 Å². The number of aromatic nitrogens is 2. The zero-order chi connectivity index (χ0) is 16.9. The van der Waals surface area contributed by atoms with Crippen LogP contribution in [0.4, 0.5) is 17.2 Å². The average molecular weight is 322 g/mol. The SMILES string of the molecule is Cc1ccnc(Nc2cccc(Oc3ccccn3)c2)c1[N+](=O)[O-]. The molecule has 0 aliphatic carbocycles. The lowest BCUT2D eigenvalue weighted by atomic mass is 10.2. The first-order valence-corrected chi connectivity index (χ1v) is 7.19. The van der Waals surface area contributed by atoms with E-state index < -0.39 is 4.92 Å². The van der Waals surface area contributed by atoms with Crippen LogP contribution in [0.2, 0.25) is 0 Å². The highest BCUT2D eigenvalue weighted by Crippen LogP contribution is 2.30. The van der Waals surface area contributed by atoms with Crippen LogP contribution in [0.25, 0.3) is 0 Å². The normalized spacial score (nSPS) is 10.2. The Bertz CT molecular complexity index is 869. The standard InChI is InChI=1S/C17H14N4O3/c1-12-8-10-19-17(16(12)21(22)23)20-13-5-4-6-14(11-13)24-15-7-2-3-9-18-15/h2-11H,1H3,(H,19,20). The number of nitrogens with one attached hydrogen (secondary N) is 1. The summed E-state index contributed by atoms with van der Waals surface area (Å²) in [6.07, 6.45) is 3.16. The fraction of sp³-hybridized carbons (Fsp3) is 0.0588. The predicted octanol–water partition coefficient (Wildman–Crippen LogP) is 4.23. The molecule has 0 amide bonds. The van der Waals surface area contributed by atoms with Gasteiger partial charge in [0.1, 0.15) is 5.75 Å². The zero-order valence-electron chi connectivity index (χ0n) is 12.8. The van der Waals surface area contributed by atoms with Crippen molar-refractivity contribution in [3.63, 3.8) is 0 Å². The van der Waals surface area contributed by atoms with Gasteiger partial charge >= 0.3 is 5.69 Å². The van der Waals surface area contributed by atoms with Gasteiger partial charge in [0.2, 0.25) is 11.7 Å². The summed E-state index contributed by atoms with van der Waals surface area (Å²) in [5, 5.41) is 14.2. The number of hydrogen-bond acceptors (Lipinski definition) is 6. The third-order valence-electron chi connectivity index (χ3n) is 3.27. The van der Waals surface area contributed by atoms with E-state index in [4.69, 9.17) is 4.74 Å². The Hall–Kier alpha value is -3.48. The smallest absolute Gasteiger partial charge is 0.314 e. The molecule has 0 fully saturated rings. The minimum absolute atomic E-state index is 0.0476. The largest absolute Gasteiger partial charge is 0.439 e. The topological polar surface area (TPSA) is 90.2 Å². The third kappa shape index (κ3) is 3.46. The quantitative estimate of drug-likeness (QED) is 0.558. The van der Waals surface area contributed by atoms with Gasteiger partial charge in [-0.1, -0.05) is 12.1 Å². The molecule has 0 spiro atoms. The van der Waals surface area contributed by atoms with Gasteiger partial charge in [-0.15, -0.1) is 0 Å². The lowest BCUT2D eigenvalue weighted by molar-refractivity contribution is -0.384. The van der Waals surface area contributed by atoms with Crippen molar-refractivity contribution >= 4 is 17.2 Å². The van der Waals surface area contributed by atoms with E-state index in [0.29, 0.717) is 22.9 Å². The van der Waals surface area contributed by atoms with Crippen molar-refractivity contribution in [1.29, 1.82) is 0 Å². The molecule has 3 rings (SSSR count). The predicted molar refractivity (Wildman–Crippen MR) is 89.7 cm³/mol. The van der Waals surface area contributed by atoms with E-state index in [0.717, 1.165) is 0 Å². The molecule has 0 saturated carbocycles. The number of nitrogens with zero attached hydrogens (tertiary/aromatic N) is 3. The summed E-state index contributed by atoms with van der Waals surface area (Å²) in [5.74, 6) is 1.22. The van der Waals surface area contributed by atoms with Crippen molar-refractivity contribution < 1.29 is 9.66 Å². The van der Waals surface area contributed by atoms with Crippen LogP contribution in [0.15, 0.2) is 60.9 Å². The van der Waals surface area contributed by atoms with Crippen LogP contribution < -0.4 is 10.1 Å². The molecule has 1 N–H and O–H groups in total. The van der Waals surface area contributed by atoms with Crippen molar-refractivity contribution in [1.82, 2.24) is 9.97 Å². The van der Waals surface area contributed by atoms with E-state index in [1.54, 1.807) is 55.6 Å². The highest BCUT2D eigenvalue weighted by atomic mass is 16.6. The Morgan fingerprint density at radius 2 is 1.96 bits per heavy atom. The van der Waals surface area contributed by atoms with E-state index in [1.807, 2.05) is 6.07 Å².